The summed E-state index contributed by atoms with van der Waals surface area (Å²) in [6.07, 6.45) is 2.44. The Morgan fingerprint density at radius 2 is 1.84 bits per heavy atom. The average molecular weight is 256 g/mol. The lowest BCUT2D eigenvalue weighted by atomic mass is 9.97. The highest BCUT2D eigenvalue weighted by molar-refractivity contribution is 5.86. The number of unbranched alkanes of at least 4 members (excludes halogenated alkanes) is 1. The molecule has 2 rings (SSSR count). The third-order valence-electron chi connectivity index (χ3n) is 3.80. The van der Waals surface area contributed by atoms with E-state index in [9.17, 15) is 0 Å². The average Bonchev–Trinajstić information content (AvgIpc) is 2.46. The van der Waals surface area contributed by atoms with Crippen LogP contribution in [0.1, 0.15) is 31.4 Å². The summed E-state index contributed by atoms with van der Waals surface area (Å²) >= 11 is 0. The number of likely N-dealkylation sites (N-methyl/N-ethyl adjacent to an activating group) is 1. The zero-order valence-electron chi connectivity index (χ0n) is 12.0. The molecule has 2 N–H and O–H groups in total. The van der Waals surface area contributed by atoms with Crippen molar-refractivity contribution in [2.45, 2.75) is 25.8 Å². The van der Waals surface area contributed by atoms with E-state index in [0.29, 0.717) is 12.6 Å². The van der Waals surface area contributed by atoms with E-state index in [4.69, 9.17) is 5.73 Å². The first-order valence-corrected chi connectivity index (χ1v) is 7.16. The molecule has 0 saturated heterocycles. The molecule has 0 spiro atoms. The minimum atomic E-state index is 0.303. The SMILES string of the molecule is CCCCN(C)C(CN)c1cccc2ccccc12. The standard InChI is InChI=1S/C17H24N2/c1-3-4-12-19(2)17(13-18)16-11-7-9-14-8-5-6-10-15(14)16/h5-11,17H,3-4,12-13,18H2,1-2H3. The number of nitrogens with two attached hydrogens (primary N) is 1. The highest BCUT2D eigenvalue weighted by Gasteiger charge is 2.16. The second-order valence-electron chi connectivity index (χ2n) is 5.15. The first kappa shape index (κ1) is 14.0. The topological polar surface area (TPSA) is 29.3 Å². The summed E-state index contributed by atoms with van der Waals surface area (Å²) in [7, 11) is 2.18. The highest BCUT2D eigenvalue weighted by atomic mass is 15.1. The number of rotatable bonds is 6. The molecule has 2 nitrogen and oxygen atoms in total. The van der Waals surface area contributed by atoms with Gasteiger partial charge in [0.05, 0.1) is 0 Å². The van der Waals surface area contributed by atoms with Crippen molar-refractivity contribution >= 4 is 10.8 Å². The van der Waals surface area contributed by atoms with Crippen LogP contribution in [-0.2, 0) is 0 Å². The Kier molecular flexibility index (Phi) is 4.94. The van der Waals surface area contributed by atoms with Gasteiger partial charge in [-0.1, -0.05) is 55.8 Å². The molecular formula is C17H24N2. The lowest BCUT2D eigenvalue weighted by Crippen LogP contribution is -2.31. The molecule has 0 aliphatic rings. The van der Waals surface area contributed by atoms with Gasteiger partial charge in [-0.2, -0.15) is 0 Å². The van der Waals surface area contributed by atoms with Gasteiger partial charge < -0.3 is 5.73 Å². The fraction of sp³-hybridized carbons (Fsp3) is 0.412. The van der Waals surface area contributed by atoms with Gasteiger partial charge in [0.1, 0.15) is 0 Å². The molecule has 0 saturated carbocycles. The Balaban J connectivity index is 2.35. The predicted octanol–water partition coefficient (Wildman–Crippen LogP) is 3.57. The molecule has 0 bridgehead atoms. The monoisotopic (exact) mass is 256 g/mol. The molecular weight excluding hydrogens is 232 g/mol. The van der Waals surface area contributed by atoms with Gasteiger partial charge in [-0.15, -0.1) is 0 Å². The van der Waals surface area contributed by atoms with Crippen molar-refractivity contribution in [1.29, 1.82) is 0 Å². The van der Waals surface area contributed by atoms with E-state index in [2.05, 4.69) is 61.3 Å². The summed E-state index contributed by atoms with van der Waals surface area (Å²) in [4.78, 5) is 2.38. The van der Waals surface area contributed by atoms with E-state index < -0.39 is 0 Å². The quantitative estimate of drug-likeness (QED) is 0.856. The number of benzene rings is 2. The molecule has 0 aliphatic carbocycles. The van der Waals surface area contributed by atoms with E-state index in [0.717, 1.165) is 6.54 Å². The molecule has 1 atom stereocenters. The van der Waals surface area contributed by atoms with Gasteiger partial charge in [-0.25, -0.2) is 0 Å². The van der Waals surface area contributed by atoms with Gasteiger partial charge in [0.15, 0.2) is 0 Å². The van der Waals surface area contributed by atoms with Gasteiger partial charge >= 0.3 is 0 Å². The Morgan fingerprint density at radius 1 is 1.11 bits per heavy atom. The molecule has 1 unspecified atom stereocenters. The van der Waals surface area contributed by atoms with Gasteiger partial charge in [-0.05, 0) is 36.3 Å². The van der Waals surface area contributed by atoms with Crippen LogP contribution in [-0.4, -0.2) is 25.0 Å². The molecule has 0 aromatic heterocycles. The lowest BCUT2D eigenvalue weighted by Gasteiger charge is -2.28. The van der Waals surface area contributed by atoms with E-state index >= 15 is 0 Å². The van der Waals surface area contributed by atoms with Crippen molar-refractivity contribution in [1.82, 2.24) is 4.90 Å². The summed E-state index contributed by atoms with van der Waals surface area (Å²) in [5, 5.41) is 2.62. The number of nitrogens with zero attached hydrogens (tertiary/aromatic N) is 1. The van der Waals surface area contributed by atoms with Crippen LogP contribution in [0.4, 0.5) is 0 Å². The van der Waals surface area contributed by atoms with Crippen LogP contribution in [0.3, 0.4) is 0 Å². The summed E-state index contributed by atoms with van der Waals surface area (Å²) in [5.74, 6) is 0. The zero-order valence-corrected chi connectivity index (χ0v) is 12.0. The molecule has 0 heterocycles. The molecule has 0 amide bonds. The third kappa shape index (κ3) is 3.14. The van der Waals surface area contributed by atoms with Crippen LogP contribution in [0, 0.1) is 0 Å². The van der Waals surface area contributed by atoms with Gasteiger partial charge in [0.2, 0.25) is 0 Å². The fourth-order valence-electron chi connectivity index (χ4n) is 2.65. The van der Waals surface area contributed by atoms with E-state index in [1.165, 1.54) is 29.2 Å². The van der Waals surface area contributed by atoms with Crippen molar-refractivity contribution in [3.8, 4) is 0 Å². The van der Waals surface area contributed by atoms with E-state index in [-0.39, 0.29) is 0 Å². The van der Waals surface area contributed by atoms with E-state index in [1.54, 1.807) is 0 Å². The third-order valence-corrected chi connectivity index (χ3v) is 3.80. The minimum Gasteiger partial charge on any atom is -0.329 e. The predicted molar refractivity (Wildman–Crippen MR) is 83.3 cm³/mol. The van der Waals surface area contributed by atoms with Crippen molar-refractivity contribution in [3.63, 3.8) is 0 Å². The maximum Gasteiger partial charge on any atom is 0.0473 e. The maximum absolute atomic E-state index is 6.03. The first-order valence-electron chi connectivity index (χ1n) is 7.16. The molecule has 2 heteroatoms. The Morgan fingerprint density at radius 3 is 2.58 bits per heavy atom. The molecule has 0 radical (unpaired) electrons. The Bertz CT molecular complexity index is 516. The second-order valence-corrected chi connectivity index (χ2v) is 5.15. The molecule has 0 fully saturated rings. The molecule has 2 aromatic carbocycles. The Labute approximate surface area is 116 Å². The number of fused-ring (bicyclic) bond motifs is 1. The van der Waals surface area contributed by atoms with E-state index in [1.807, 2.05) is 0 Å². The van der Waals surface area contributed by atoms with Crippen LogP contribution >= 0.6 is 0 Å². The smallest absolute Gasteiger partial charge is 0.0473 e. The minimum absolute atomic E-state index is 0.303. The van der Waals surface area contributed by atoms with Crippen molar-refractivity contribution < 1.29 is 0 Å². The van der Waals surface area contributed by atoms with Crippen LogP contribution in [0.15, 0.2) is 42.5 Å². The molecule has 0 aliphatic heterocycles. The highest BCUT2D eigenvalue weighted by Crippen LogP contribution is 2.27. The van der Waals surface area contributed by atoms with Crippen molar-refractivity contribution in [2.75, 3.05) is 20.1 Å². The molecule has 102 valence electrons. The van der Waals surface area contributed by atoms with Gasteiger partial charge in [0.25, 0.3) is 0 Å². The second kappa shape index (κ2) is 6.69. The normalized spacial score (nSPS) is 13.1. The number of hydrogen-bond acceptors (Lipinski definition) is 2. The summed E-state index contributed by atoms with van der Waals surface area (Å²) in [6.45, 7) is 3.99. The zero-order chi connectivity index (χ0) is 13.7. The molecule has 2 aromatic rings. The summed E-state index contributed by atoms with van der Waals surface area (Å²) < 4.78 is 0. The van der Waals surface area contributed by atoms with Crippen molar-refractivity contribution in [3.05, 3.63) is 48.0 Å². The van der Waals surface area contributed by atoms with Crippen LogP contribution in [0.2, 0.25) is 0 Å². The van der Waals surface area contributed by atoms with Crippen molar-refractivity contribution in [2.24, 2.45) is 5.73 Å². The Hall–Kier alpha value is -1.38. The largest absolute Gasteiger partial charge is 0.329 e. The first-order chi connectivity index (χ1) is 9.27. The lowest BCUT2D eigenvalue weighted by molar-refractivity contribution is 0.248. The van der Waals surface area contributed by atoms with Crippen LogP contribution in [0.5, 0.6) is 0 Å². The maximum atomic E-state index is 6.03. The fourth-order valence-corrected chi connectivity index (χ4v) is 2.65. The van der Waals surface area contributed by atoms with Gasteiger partial charge in [0, 0.05) is 12.6 Å². The number of hydrogen-bond donors (Lipinski definition) is 1. The summed E-state index contributed by atoms with van der Waals surface area (Å²) in [6, 6.07) is 15.4. The van der Waals surface area contributed by atoms with Crippen LogP contribution < -0.4 is 5.73 Å². The summed E-state index contributed by atoms with van der Waals surface area (Å²) in [5.41, 5.74) is 7.37. The van der Waals surface area contributed by atoms with Gasteiger partial charge in [-0.3, -0.25) is 4.90 Å². The molecule has 19 heavy (non-hydrogen) atoms. The van der Waals surface area contributed by atoms with Crippen LogP contribution in [0.25, 0.3) is 10.8 Å².